The average Bonchev–Trinajstić information content (AvgIpc) is 2.86. The number of hydrogen-bond acceptors (Lipinski definition) is 2. The van der Waals surface area contributed by atoms with Crippen LogP contribution in [0.5, 0.6) is 0 Å². The molecule has 0 saturated carbocycles. The predicted molar refractivity (Wildman–Crippen MR) is 85.2 cm³/mol. The third-order valence-electron chi connectivity index (χ3n) is 4.06. The molecule has 3 rings (SSSR count). The monoisotopic (exact) mass is 298 g/mol. The Kier molecular flexibility index (Phi) is 3.49. The molecular formula is C18H19FN2O. The molecule has 2 aromatic carbocycles. The smallest absolute Gasteiger partial charge is 0.146 e. The van der Waals surface area contributed by atoms with Crippen molar-refractivity contribution < 1.29 is 9.50 Å². The second kappa shape index (κ2) is 5.21. The standard InChI is InChI=1S/C18H19FN2O/c1-4-21-16-10-5-12(2)11-15(16)20-17(21)18(3,22)13-6-8-14(19)9-7-13/h5-11,22H,4H2,1-3H3. The molecule has 1 unspecified atom stereocenters. The molecule has 4 heteroatoms. The molecule has 0 saturated heterocycles. The quantitative estimate of drug-likeness (QED) is 0.799. The average molecular weight is 298 g/mol. The zero-order chi connectivity index (χ0) is 15.9. The number of aryl methyl sites for hydroxylation is 2. The lowest BCUT2D eigenvalue weighted by molar-refractivity contribution is 0.0887. The Labute approximate surface area is 129 Å². The van der Waals surface area contributed by atoms with E-state index in [1.165, 1.54) is 12.1 Å². The van der Waals surface area contributed by atoms with Crippen LogP contribution in [0.25, 0.3) is 11.0 Å². The second-order valence-electron chi connectivity index (χ2n) is 5.75. The van der Waals surface area contributed by atoms with E-state index in [1.807, 2.05) is 36.6 Å². The summed E-state index contributed by atoms with van der Waals surface area (Å²) < 4.78 is 15.1. The van der Waals surface area contributed by atoms with Crippen molar-refractivity contribution in [2.24, 2.45) is 0 Å². The first-order valence-corrected chi connectivity index (χ1v) is 7.39. The fraction of sp³-hybridized carbons (Fsp3) is 0.278. The second-order valence-corrected chi connectivity index (χ2v) is 5.75. The molecule has 0 radical (unpaired) electrons. The first-order chi connectivity index (χ1) is 10.4. The van der Waals surface area contributed by atoms with Gasteiger partial charge in [0.1, 0.15) is 17.2 Å². The van der Waals surface area contributed by atoms with Crippen LogP contribution < -0.4 is 0 Å². The van der Waals surface area contributed by atoms with Gasteiger partial charge in [0, 0.05) is 6.54 Å². The number of benzene rings is 2. The third kappa shape index (κ3) is 2.29. The van der Waals surface area contributed by atoms with Crippen LogP contribution in [0.2, 0.25) is 0 Å². The SMILES string of the molecule is CCn1c(C(C)(O)c2ccc(F)cc2)nc2cc(C)ccc21. The number of rotatable bonds is 3. The van der Waals surface area contributed by atoms with E-state index in [1.54, 1.807) is 19.1 Å². The van der Waals surface area contributed by atoms with E-state index in [4.69, 9.17) is 0 Å². The van der Waals surface area contributed by atoms with Gasteiger partial charge in [0.25, 0.3) is 0 Å². The number of fused-ring (bicyclic) bond motifs is 1. The summed E-state index contributed by atoms with van der Waals surface area (Å²) in [5, 5.41) is 11.0. The number of nitrogens with zero attached hydrogens (tertiary/aromatic N) is 2. The summed E-state index contributed by atoms with van der Waals surface area (Å²) in [5.41, 5.74) is 2.32. The van der Waals surface area contributed by atoms with E-state index in [0.717, 1.165) is 16.6 Å². The van der Waals surface area contributed by atoms with Crippen LogP contribution in [-0.2, 0) is 12.1 Å². The summed E-state index contributed by atoms with van der Waals surface area (Å²) in [7, 11) is 0. The molecule has 0 aliphatic rings. The van der Waals surface area contributed by atoms with Crippen LogP contribution in [0.3, 0.4) is 0 Å². The van der Waals surface area contributed by atoms with Crippen LogP contribution in [0, 0.1) is 12.7 Å². The highest BCUT2D eigenvalue weighted by molar-refractivity contribution is 5.77. The Balaban J connectivity index is 2.21. The molecule has 3 nitrogen and oxygen atoms in total. The molecule has 1 atom stereocenters. The van der Waals surface area contributed by atoms with Gasteiger partial charge in [-0.3, -0.25) is 0 Å². The molecule has 0 aliphatic carbocycles. The first kappa shape index (κ1) is 14.7. The molecule has 0 amide bonds. The third-order valence-corrected chi connectivity index (χ3v) is 4.06. The van der Waals surface area contributed by atoms with E-state index < -0.39 is 5.60 Å². The molecule has 1 aromatic heterocycles. The Morgan fingerprint density at radius 2 is 1.86 bits per heavy atom. The summed E-state index contributed by atoms with van der Waals surface area (Å²) >= 11 is 0. The van der Waals surface area contributed by atoms with Crippen molar-refractivity contribution in [1.29, 1.82) is 0 Å². The van der Waals surface area contributed by atoms with E-state index in [9.17, 15) is 9.50 Å². The summed E-state index contributed by atoms with van der Waals surface area (Å²) in [6.45, 7) is 6.43. The van der Waals surface area contributed by atoms with Crippen LogP contribution in [0.1, 0.15) is 30.8 Å². The largest absolute Gasteiger partial charge is 0.377 e. The molecule has 1 heterocycles. The Morgan fingerprint density at radius 1 is 1.18 bits per heavy atom. The van der Waals surface area contributed by atoms with Crippen molar-refractivity contribution in [2.45, 2.75) is 32.9 Å². The number of aromatic nitrogens is 2. The fourth-order valence-electron chi connectivity index (χ4n) is 2.84. The van der Waals surface area contributed by atoms with Crippen molar-refractivity contribution in [3.8, 4) is 0 Å². The number of aliphatic hydroxyl groups is 1. The van der Waals surface area contributed by atoms with E-state index in [0.29, 0.717) is 17.9 Å². The van der Waals surface area contributed by atoms with Crippen molar-refractivity contribution in [1.82, 2.24) is 9.55 Å². The zero-order valence-electron chi connectivity index (χ0n) is 13.0. The molecule has 1 N–H and O–H groups in total. The minimum atomic E-state index is -1.28. The molecule has 22 heavy (non-hydrogen) atoms. The van der Waals surface area contributed by atoms with Gasteiger partial charge in [-0.05, 0) is 56.2 Å². The maximum Gasteiger partial charge on any atom is 0.146 e. The van der Waals surface area contributed by atoms with E-state index in [-0.39, 0.29) is 5.82 Å². The van der Waals surface area contributed by atoms with Gasteiger partial charge in [0.2, 0.25) is 0 Å². The van der Waals surface area contributed by atoms with Crippen LogP contribution in [0.4, 0.5) is 4.39 Å². The van der Waals surface area contributed by atoms with Crippen LogP contribution in [0.15, 0.2) is 42.5 Å². The summed E-state index contributed by atoms with van der Waals surface area (Å²) in [6, 6.07) is 12.0. The lowest BCUT2D eigenvalue weighted by Crippen LogP contribution is -2.27. The van der Waals surface area contributed by atoms with Gasteiger partial charge < -0.3 is 9.67 Å². The van der Waals surface area contributed by atoms with Gasteiger partial charge in [-0.1, -0.05) is 18.2 Å². The van der Waals surface area contributed by atoms with Gasteiger partial charge in [0.05, 0.1) is 11.0 Å². The number of halogens is 1. The molecule has 114 valence electrons. The predicted octanol–water partition coefficient (Wildman–Crippen LogP) is 3.76. The minimum absolute atomic E-state index is 0.320. The van der Waals surface area contributed by atoms with E-state index in [2.05, 4.69) is 4.98 Å². The lowest BCUT2D eigenvalue weighted by atomic mass is 9.95. The van der Waals surface area contributed by atoms with Crippen molar-refractivity contribution in [3.63, 3.8) is 0 Å². The van der Waals surface area contributed by atoms with Crippen LogP contribution in [-0.4, -0.2) is 14.7 Å². The Hall–Kier alpha value is -2.20. The Bertz CT molecular complexity index is 819. The first-order valence-electron chi connectivity index (χ1n) is 7.39. The highest BCUT2D eigenvalue weighted by atomic mass is 19.1. The summed E-state index contributed by atoms with van der Waals surface area (Å²) in [4.78, 5) is 4.63. The lowest BCUT2D eigenvalue weighted by Gasteiger charge is -2.24. The van der Waals surface area contributed by atoms with Gasteiger partial charge >= 0.3 is 0 Å². The molecule has 0 bridgehead atoms. The van der Waals surface area contributed by atoms with Crippen molar-refractivity contribution in [3.05, 3.63) is 65.2 Å². The molecule has 3 aromatic rings. The number of imidazole rings is 1. The normalized spacial score (nSPS) is 14.2. The number of hydrogen-bond donors (Lipinski definition) is 1. The summed E-state index contributed by atoms with van der Waals surface area (Å²) in [5.74, 6) is 0.251. The fourth-order valence-corrected chi connectivity index (χ4v) is 2.84. The van der Waals surface area contributed by atoms with E-state index >= 15 is 0 Å². The van der Waals surface area contributed by atoms with Gasteiger partial charge in [0.15, 0.2) is 0 Å². The van der Waals surface area contributed by atoms with Gasteiger partial charge in [-0.25, -0.2) is 9.37 Å². The van der Waals surface area contributed by atoms with Crippen molar-refractivity contribution in [2.75, 3.05) is 0 Å². The van der Waals surface area contributed by atoms with Crippen LogP contribution >= 0.6 is 0 Å². The molecule has 0 spiro atoms. The zero-order valence-corrected chi connectivity index (χ0v) is 13.0. The maximum atomic E-state index is 13.1. The van der Waals surface area contributed by atoms with Gasteiger partial charge in [-0.15, -0.1) is 0 Å². The highest BCUT2D eigenvalue weighted by Crippen LogP contribution is 2.31. The molecular weight excluding hydrogens is 279 g/mol. The Morgan fingerprint density at radius 3 is 2.50 bits per heavy atom. The molecule has 0 fully saturated rings. The highest BCUT2D eigenvalue weighted by Gasteiger charge is 2.31. The topological polar surface area (TPSA) is 38.0 Å². The van der Waals surface area contributed by atoms with Gasteiger partial charge in [-0.2, -0.15) is 0 Å². The molecule has 0 aliphatic heterocycles. The van der Waals surface area contributed by atoms with Crippen molar-refractivity contribution >= 4 is 11.0 Å². The minimum Gasteiger partial charge on any atom is -0.377 e. The maximum absolute atomic E-state index is 13.1. The summed E-state index contributed by atoms with van der Waals surface area (Å²) in [6.07, 6.45) is 0.